The van der Waals surface area contributed by atoms with Crippen LogP contribution in [0.2, 0.25) is 0 Å². The summed E-state index contributed by atoms with van der Waals surface area (Å²) in [5.41, 5.74) is 1.31. The van der Waals surface area contributed by atoms with Crippen LogP contribution < -0.4 is 5.32 Å². The average molecular weight is 451 g/mol. The van der Waals surface area contributed by atoms with Gasteiger partial charge in [0.1, 0.15) is 0 Å². The zero-order valence-electron chi connectivity index (χ0n) is 18.7. The first-order chi connectivity index (χ1) is 16.0. The largest absolute Gasteiger partial charge is 0.351 e. The van der Waals surface area contributed by atoms with Crippen molar-refractivity contribution in [1.82, 2.24) is 15.1 Å². The molecule has 0 radical (unpaired) electrons. The number of carbonyl (C=O) groups is 2. The number of nitro groups is 1. The highest BCUT2D eigenvalue weighted by Crippen LogP contribution is 2.31. The fraction of sp³-hybridized carbons (Fsp3) is 0.440. The molecule has 4 rings (SSSR count). The van der Waals surface area contributed by atoms with Gasteiger partial charge in [-0.3, -0.25) is 24.6 Å². The SMILES string of the molecule is O=C(NCc1ccccc1)[C@@H](C1CCCC1)N1CCN(C(=O)c2cccc([N+](=O)[O-])c2)CC1. The Balaban J connectivity index is 1.39. The molecule has 1 aliphatic heterocycles. The second-order valence-corrected chi connectivity index (χ2v) is 8.83. The molecule has 1 aliphatic carbocycles. The van der Waals surface area contributed by atoms with Crippen molar-refractivity contribution in [1.29, 1.82) is 0 Å². The molecule has 0 bridgehead atoms. The number of hydrogen-bond donors (Lipinski definition) is 1. The van der Waals surface area contributed by atoms with Crippen LogP contribution >= 0.6 is 0 Å². The van der Waals surface area contributed by atoms with Gasteiger partial charge in [-0.1, -0.05) is 49.2 Å². The summed E-state index contributed by atoms with van der Waals surface area (Å²) >= 11 is 0. The molecule has 0 spiro atoms. The van der Waals surface area contributed by atoms with Crippen molar-refractivity contribution < 1.29 is 14.5 Å². The Bertz CT molecular complexity index is 983. The van der Waals surface area contributed by atoms with Crippen LogP contribution in [0.5, 0.6) is 0 Å². The number of nitro benzene ring substituents is 1. The van der Waals surface area contributed by atoms with E-state index in [0.717, 1.165) is 31.2 Å². The lowest BCUT2D eigenvalue weighted by molar-refractivity contribution is -0.384. The number of rotatable bonds is 7. The summed E-state index contributed by atoms with van der Waals surface area (Å²) in [6, 6.07) is 15.6. The molecule has 1 atom stereocenters. The zero-order valence-corrected chi connectivity index (χ0v) is 18.7. The van der Waals surface area contributed by atoms with Gasteiger partial charge in [0.2, 0.25) is 5.91 Å². The van der Waals surface area contributed by atoms with E-state index in [1.807, 2.05) is 30.3 Å². The van der Waals surface area contributed by atoms with Crippen molar-refractivity contribution in [2.75, 3.05) is 26.2 Å². The van der Waals surface area contributed by atoms with Gasteiger partial charge >= 0.3 is 0 Å². The van der Waals surface area contributed by atoms with Crippen LogP contribution in [0, 0.1) is 16.0 Å². The highest BCUT2D eigenvalue weighted by molar-refractivity contribution is 5.95. The summed E-state index contributed by atoms with van der Waals surface area (Å²) in [6.45, 7) is 2.72. The van der Waals surface area contributed by atoms with Gasteiger partial charge in [-0.25, -0.2) is 0 Å². The summed E-state index contributed by atoms with van der Waals surface area (Å²) < 4.78 is 0. The average Bonchev–Trinajstić information content (AvgIpc) is 3.38. The molecular weight excluding hydrogens is 420 g/mol. The monoisotopic (exact) mass is 450 g/mol. The van der Waals surface area contributed by atoms with Crippen molar-refractivity contribution in [2.24, 2.45) is 5.92 Å². The molecule has 33 heavy (non-hydrogen) atoms. The Labute approximate surface area is 193 Å². The van der Waals surface area contributed by atoms with Gasteiger partial charge in [0.25, 0.3) is 11.6 Å². The molecule has 0 unspecified atom stereocenters. The van der Waals surface area contributed by atoms with Crippen LogP contribution in [0.15, 0.2) is 54.6 Å². The van der Waals surface area contributed by atoms with E-state index in [2.05, 4.69) is 10.2 Å². The minimum atomic E-state index is -0.491. The van der Waals surface area contributed by atoms with E-state index in [0.29, 0.717) is 44.2 Å². The van der Waals surface area contributed by atoms with Gasteiger partial charge in [-0.2, -0.15) is 0 Å². The van der Waals surface area contributed by atoms with Gasteiger partial charge < -0.3 is 10.2 Å². The Hall–Kier alpha value is -3.26. The summed E-state index contributed by atoms with van der Waals surface area (Å²) in [6.07, 6.45) is 4.41. The highest BCUT2D eigenvalue weighted by Gasteiger charge is 2.37. The van der Waals surface area contributed by atoms with E-state index in [-0.39, 0.29) is 23.5 Å². The molecule has 2 fully saturated rings. The molecular formula is C25H30N4O4. The second-order valence-electron chi connectivity index (χ2n) is 8.83. The fourth-order valence-corrected chi connectivity index (χ4v) is 4.98. The molecule has 1 heterocycles. The molecule has 2 amide bonds. The third-order valence-corrected chi connectivity index (χ3v) is 6.72. The number of nitrogens with one attached hydrogen (secondary N) is 1. The predicted octanol–water partition coefficient (Wildman–Crippen LogP) is 3.23. The Kier molecular flexibility index (Phi) is 7.34. The fourth-order valence-electron chi connectivity index (χ4n) is 4.98. The number of nitrogens with zero attached hydrogens (tertiary/aromatic N) is 3. The van der Waals surface area contributed by atoms with E-state index in [1.165, 1.54) is 18.2 Å². The van der Waals surface area contributed by atoms with Crippen LogP contribution in [-0.4, -0.2) is 58.8 Å². The van der Waals surface area contributed by atoms with Crippen LogP contribution in [0.4, 0.5) is 5.69 Å². The maximum atomic E-state index is 13.2. The van der Waals surface area contributed by atoms with E-state index in [9.17, 15) is 19.7 Å². The molecule has 2 aliphatic rings. The molecule has 8 heteroatoms. The van der Waals surface area contributed by atoms with Crippen LogP contribution in [0.1, 0.15) is 41.6 Å². The number of carbonyl (C=O) groups excluding carboxylic acids is 2. The van der Waals surface area contributed by atoms with Crippen LogP contribution in [0.25, 0.3) is 0 Å². The first-order valence-electron chi connectivity index (χ1n) is 11.6. The van der Waals surface area contributed by atoms with Gasteiger partial charge in [0.15, 0.2) is 0 Å². The van der Waals surface area contributed by atoms with Crippen LogP contribution in [0.3, 0.4) is 0 Å². The number of benzene rings is 2. The number of amides is 2. The third kappa shape index (κ3) is 5.57. The third-order valence-electron chi connectivity index (χ3n) is 6.72. The lowest BCUT2D eigenvalue weighted by Crippen LogP contribution is -2.57. The topological polar surface area (TPSA) is 95.8 Å². The summed E-state index contributed by atoms with van der Waals surface area (Å²) in [7, 11) is 0. The highest BCUT2D eigenvalue weighted by atomic mass is 16.6. The van der Waals surface area contributed by atoms with E-state index in [4.69, 9.17) is 0 Å². The Morgan fingerprint density at radius 3 is 2.36 bits per heavy atom. The first-order valence-corrected chi connectivity index (χ1v) is 11.6. The maximum Gasteiger partial charge on any atom is 0.270 e. The maximum absolute atomic E-state index is 13.2. The lowest BCUT2D eigenvalue weighted by atomic mass is 9.94. The van der Waals surface area contributed by atoms with Crippen molar-refractivity contribution in [3.63, 3.8) is 0 Å². The van der Waals surface area contributed by atoms with Crippen molar-refractivity contribution in [3.05, 3.63) is 75.8 Å². The van der Waals surface area contributed by atoms with Gasteiger partial charge in [0, 0.05) is 50.4 Å². The van der Waals surface area contributed by atoms with Crippen molar-refractivity contribution in [3.8, 4) is 0 Å². The minimum absolute atomic E-state index is 0.0595. The molecule has 174 valence electrons. The number of non-ortho nitro benzene ring substituents is 1. The normalized spacial score (nSPS) is 18.1. The number of hydrogen-bond acceptors (Lipinski definition) is 5. The second kappa shape index (κ2) is 10.6. The smallest absolute Gasteiger partial charge is 0.270 e. The molecule has 0 aromatic heterocycles. The molecule has 2 aromatic carbocycles. The standard InChI is InChI=1S/C25H30N4O4/c30-24(26-18-19-7-2-1-3-8-19)23(20-9-4-5-10-20)27-13-15-28(16-14-27)25(31)21-11-6-12-22(17-21)29(32)33/h1-3,6-8,11-12,17,20,23H,4-5,9-10,13-16,18H2,(H,26,30)/t23-/m1/s1. The molecule has 2 aromatic rings. The Morgan fingerprint density at radius 2 is 1.70 bits per heavy atom. The van der Waals surface area contributed by atoms with E-state index >= 15 is 0 Å². The van der Waals surface area contributed by atoms with Gasteiger partial charge in [0.05, 0.1) is 11.0 Å². The minimum Gasteiger partial charge on any atom is -0.351 e. The van der Waals surface area contributed by atoms with E-state index in [1.54, 1.807) is 11.0 Å². The molecule has 1 N–H and O–H groups in total. The zero-order chi connectivity index (χ0) is 23.2. The first kappa shape index (κ1) is 22.9. The Morgan fingerprint density at radius 1 is 1.00 bits per heavy atom. The summed E-state index contributed by atoms with van der Waals surface area (Å²) in [5.74, 6) is 0.188. The quantitative estimate of drug-likeness (QED) is 0.516. The molecule has 1 saturated heterocycles. The molecule has 1 saturated carbocycles. The lowest BCUT2D eigenvalue weighted by Gasteiger charge is -2.40. The van der Waals surface area contributed by atoms with Crippen molar-refractivity contribution in [2.45, 2.75) is 38.3 Å². The van der Waals surface area contributed by atoms with Gasteiger partial charge in [-0.15, -0.1) is 0 Å². The molecule has 8 nitrogen and oxygen atoms in total. The van der Waals surface area contributed by atoms with E-state index < -0.39 is 4.92 Å². The number of piperazine rings is 1. The predicted molar refractivity (Wildman–Crippen MR) is 125 cm³/mol. The summed E-state index contributed by atoms with van der Waals surface area (Å²) in [4.78, 5) is 40.6. The van der Waals surface area contributed by atoms with Crippen molar-refractivity contribution >= 4 is 17.5 Å². The summed E-state index contributed by atoms with van der Waals surface area (Å²) in [5, 5.41) is 14.2. The van der Waals surface area contributed by atoms with Gasteiger partial charge in [-0.05, 0) is 30.4 Å². The van der Waals surface area contributed by atoms with Crippen LogP contribution in [-0.2, 0) is 11.3 Å².